The quantitative estimate of drug-likeness (QED) is 0.619. The maximum atomic E-state index is 11.4. The van der Waals surface area contributed by atoms with E-state index in [0.717, 1.165) is 6.08 Å². The van der Waals surface area contributed by atoms with Crippen molar-refractivity contribution in [2.24, 2.45) is 0 Å². The Morgan fingerprint density at radius 2 is 2.00 bits per heavy atom. The highest BCUT2D eigenvalue weighted by Gasteiger charge is 2.32. The van der Waals surface area contributed by atoms with Crippen molar-refractivity contribution in [2.45, 2.75) is 12.5 Å². The van der Waals surface area contributed by atoms with Crippen LogP contribution in [0.2, 0.25) is 0 Å². The molecule has 98 valence electrons. The fourth-order valence-electron chi connectivity index (χ4n) is 1.69. The second-order valence-corrected chi connectivity index (χ2v) is 5.57. The summed E-state index contributed by atoms with van der Waals surface area (Å²) in [6.45, 7) is 4.84. The van der Waals surface area contributed by atoms with Crippen molar-refractivity contribution in [1.29, 1.82) is 0 Å². The first kappa shape index (κ1) is 14.4. The second kappa shape index (κ2) is 5.32. The van der Waals surface area contributed by atoms with Gasteiger partial charge in [0.15, 0.2) is 0 Å². The van der Waals surface area contributed by atoms with Crippen molar-refractivity contribution in [3.8, 4) is 0 Å². The van der Waals surface area contributed by atoms with Crippen molar-refractivity contribution in [3.63, 3.8) is 0 Å². The normalized spacial score (nSPS) is 14.6. The summed E-state index contributed by atoms with van der Waals surface area (Å²) in [5.74, 6) is -1.12. The summed E-state index contributed by atoms with van der Waals surface area (Å²) in [6, 6.07) is 8.56. The van der Waals surface area contributed by atoms with Crippen LogP contribution in [-0.4, -0.2) is 24.6 Å². The Morgan fingerprint density at radius 3 is 2.44 bits per heavy atom. The molecule has 0 aliphatic rings. The highest BCUT2D eigenvalue weighted by Crippen LogP contribution is 2.22. The summed E-state index contributed by atoms with van der Waals surface area (Å²) >= 11 is 0. The Morgan fingerprint density at radius 1 is 1.44 bits per heavy atom. The van der Waals surface area contributed by atoms with Crippen LogP contribution in [-0.2, 0) is 20.5 Å². The summed E-state index contributed by atoms with van der Waals surface area (Å²) in [5.41, 5.74) is -0.627. The molecule has 0 saturated heterocycles. The van der Waals surface area contributed by atoms with E-state index in [0.29, 0.717) is 5.56 Å². The molecule has 18 heavy (non-hydrogen) atoms. The highest BCUT2D eigenvalue weighted by atomic mass is 32.2. The third kappa shape index (κ3) is 3.97. The third-order valence-corrected chi connectivity index (χ3v) is 3.41. The van der Waals surface area contributed by atoms with Crippen LogP contribution in [0.3, 0.4) is 0 Å². The Balaban J connectivity index is 3.17. The lowest BCUT2D eigenvalue weighted by Crippen LogP contribution is -2.47. The Hall–Kier alpha value is -1.66. The highest BCUT2D eigenvalue weighted by molar-refractivity contribution is 7.85. The standard InChI is InChI=1S/C12H15NO4S/c1-3-11(14)13-12(2,9-18(15,16)17)10-7-5-4-6-8-10/h3-8H,1,9H2,2H3,(H,13,14)(H,15,16,17). The Labute approximate surface area is 106 Å². The van der Waals surface area contributed by atoms with E-state index in [9.17, 15) is 13.2 Å². The van der Waals surface area contributed by atoms with Crippen molar-refractivity contribution in [1.82, 2.24) is 5.32 Å². The van der Waals surface area contributed by atoms with E-state index in [1.807, 2.05) is 0 Å². The first-order chi connectivity index (χ1) is 8.27. The van der Waals surface area contributed by atoms with Crippen LogP contribution >= 0.6 is 0 Å². The van der Waals surface area contributed by atoms with Crippen molar-refractivity contribution < 1.29 is 17.8 Å². The first-order valence-electron chi connectivity index (χ1n) is 5.22. The topological polar surface area (TPSA) is 83.5 Å². The minimum absolute atomic E-state index is 0.509. The first-order valence-corrected chi connectivity index (χ1v) is 6.83. The molecule has 1 aromatic rings. The van der Waals surface area contributed by atoms with Gasteiger partial charge in [-0.25, -0.2) is 0 Å². The zero-order valence-electron chi connectivity index (χ0n) is 9.96. The summed E-state index contributed by atoms with van der Waals surface area (Å²) in [5, 5.41) is 2.52. The zero-order chi connectivity index (χ0) is 13.8. The van der Waals surface area contributed by atoms with Gasteiger partial charge in [0.25, 0.3) is 10.1 Å². The van der Waals surface area contributed by atoms with Crippen LogP contribution in [0.4, 0.5) is 0 Å². The fraction of sp³-hybridized carbons (Fsp3) is 0.250. The van der Waals surface area contributed by atoms with Crippen molar-refractivity contribution in [3.05, 3.63) is 48.6 Å². The summed E-state index contributed by atoms with van der Waals surface area (Å²) < 4.78 is 31.1. The average Bonchev–Trinajstić information content (AvgIpc) is 2.27. The van der Waals surface area contributed by atoms with Crippen LogP contribution in [0.25, 0.3) is 0 Å². The number of carbonyl (C=O) groups is 1. The predicted octanol–water partition coefficient (Wildman–Crippen LogP) is 1.09. The number of hydrogen-bond donors (Lipinski definition) is 2. The van der Waals surface area contributed by atoms with Gasteiger partial charge in [-0.1, -0.05) is 36.9 Å². The Bertz CT molecular complexity index is 538. The summed E-state index contributed by atoms with van der Waals surface area (Å²) in [4.78, 5) is 11.4. The molecule has 1 unspecified atom stereocenters. The second-order valence-electron chi connectivity index (χ2n) is 4.12. The molecule has 0 heterocycles. The molecule has 5 nitrogen and oxygen atoms in total. The van der Waals surface area contributed by atoms with Gasteiger partial charge < -0.3 is 5.32 Å². The van der Waals surface area contributed by atoms with E-state index >= 15 is 0 Å². The molecular weight excluding hydrogens is 254 g/mol. The molecule has 0 aliphatic carbocycles. The van der Waals surface area contributed by atoms with Crippen LogP contribution in [0, 0.1) is 0 Å². The van der Waals surface area contributed by atoms with E-state index in [4.69, 9.17) is 4.55 Å². The minimum atomic E-state index is -4.23. The van der Waals surface area contributed by atoms with E-state index in [-0.39, 0.29) is 0 Å². The molecule has 1 amide bonds. The van der Waals surface area contributed by atoms with Gasteiger partial charge in [0.05, 0.1) is 5.54 Å². The number of amides is 1. The largest absolute Gasteiger partial charge is 0.342 e. The lowest BCUT2D eigenvalue weighted by Gasteiger charge is -2.29. The molecule has 0 aliphatic heterocycles. The van der Waals surface area contributed by atoms with Gasteiger partial charge >= 0.3 is 0 Å². The van der Waals surface area contributed by atoms with E-state index < -0.39 is 27.3 Å². The maximum absolute atomic E-state index is 11.4. The van der Waals surface area contributed by atoms with E-state index in [1.54, 1.807) is 30.3 Å². The van der Waals surface area contributed by atoms with Crippen LogP contribution in [0.15, 0.2) is 43.0 Å². The van der Waals surface area contributed by atoms with Gasteiger partial charge in [-0.05, 0) is 18.6 Å². The van der Waals surface area contributed by atoms with E-state index in [2.05, 4.69) is 11.9 Å². The summed E-state index contributed by atoms with van der Waals surface area (Å²) in [7, 11) is -4.23. The van der Waals surface area contributed by atoms with Crippen molar-refractivity contribution in [2.75, 3.05) is 5.75 Å². The molecular formula is C12H15NO4S. The number of nitrogens with one attached hydrogen (secondary N) is 1. The molecule has 1 atom stereocenters. The molecule has 1 rings (SSSR count). The third-order valence-electron chi connectivity index (χ3n) is 2.47. The van der Waals surface area contributed by atoms with Gasteiger partial charge in [-0.3, -0.25) is 9.35 Å². The lowest BCUT2D eigenvalue weighted by atomic mass is 9.94. The molecule has 0 aromatic heterocycles. The molecule has 0 bridgehead atoms. The van der Waals surface area contributed by atoms with E-state index in [1.165, 1.54) is 6.92 Å². The number of benzene rings is 1. The maximum Gasteiger partial charge on any atom is 0.267 e. The van der Waals surface area contributed by atoms with Gasteiger partial charge in [0, 0.05) is 0 Å². The molecule has 0 radical (unpaired) electrons. The fourth-order valence-corrected chi connectivity index (χ4v) is 2.65. The number of rotatable bonds is 5. The molecule has 0 fully saturated rings. The summed E-state index contributed by atoms with van der Waals surface area (Å²) in [6.07, 6.45) is 1.05. The number of hydrogen-bond acceptors (Lipinski definition) is 3. The zero-order valence-corrected chi connectivity index (χ0v) is 10.8. The van der Waals surface area contributed by atoms with Crippen LogP contribution in [0.5, 0.6) is 0 Å². The SMILES string of the molecule is C=CC(=O)NC(C)(CS(=O)(=O)O)c1ccccc1. The molecule has 6 heteroatoms. The Kier molecular flexibility index (Phi) is 4.26. The molecule has 0 spiro atoms. The van der Waals surface area contributed by atoms with Gasteiger partial charge in [-0.15, -0.1) is 0 Å². The minimum Gasteiger partial charge on any atom is -0.342 e. The van der Waals surface area contributed by atoms with Gasteiger partial charge in [-0.2, -0.15) is 8.42 Å². The average molecular weight is 269 g/mol. The molecule has 1 aromatic carbocycles. The molecule has 0 saturated carbocycles. The smallest absolute Gasteiger partial charge is 0.267 e. The number of carbonyl (C=O) groups excluding carboxylic acids is 1. The van der Waals surface area contributed by atoms with Gasteiger partial charge in [0.1, 0.15) is 5.75 Å². The lowest BCUT2D eigenvalue weighted by molar-refractivity contribution is -0.118. The predicted molar refractivity (Wildman–Crippen MR) is 68.5 cm³/mol. The van der Waals surface area contributed by atoms with Crippen LogP contribution in [0.1, 0.15) is 12.5 Å². The monoisotopic (exact) mass is 269 g/mol. The van der Waals surface area contributed by atoms with Crippen molar-refractivity contribution >= 4 is 16.0 Å². The van der Waals surface area contributed by atoms with Gasteiger partial charge in [0.2, 0.25) is 5.91 Å². The van der Waals surface area contributed by atoms with Crippen LogP contribution < -0.4 is 5.32 Å². The molecule has 2 N–H and O–H groups in total.